The average molecular weight is 134 g/mol. The van der Waals surface area contributed by atoms with Gasteiger partial charge in [0, 0.05) is 0 Å². The van der Waals surface area contributed by atoms with Gasteiger partial charge in [-0.05, 0) is 6.92 Å². The van der Waals surface area contributed by atoms with Gasteiger partial charge in [0.15, 0.2) is 0 Å². The number of primary amides is 1. The van der Waals surface area contributed by atoms with E-state index in [4.69, 9.17) is 0 Å². The van der Waals surface area contributed by atoms with E-state index < -0.39 is 11.7 Å². The van der Waals surface area contributed by atoms with Crippen molar-refractivity contribution in [3.8, 4) is 0 Å². The van der Waals surface area contributed by atoms with Gasteiger partial charge in [0.1, 0.15) is 0 Å². The highest BCUT2D eigenvalue weighted by Gasteiger charge is 2.28. The molecule has 0 aromatic heterocycles. The van der Waals surface area contributed by atoms with Crippen LogP contribution in [0.5, 0.6) is 0 Å². The molecule has 2 amide bonds. The number of carbonyl (C=O) groups excluding carboxylic acids is 2. The molecule has 0 rings (SSSR count). The highest BCUT2D eigenvalue weighted by atomic mass is 19.1. The normalized spacial score (nSPS) is 15.8. The third-order valence-electron chi connectivity index (χ3n) is 0.793. The van der Waals surface area contributed by atoms with Gasteiger partial charge in [0.05, 0.1) is 0 Å². The second kappa shape index (κ2) is 2.43. The second-order valence-corrected chi connectivity index (χ2v) is 1.63. The summed E-state index contributed by atoms with van der Waals surface area (Å²) in [5.74, 6) is -3.64. The SMILES string of the molecule is C[C@](F)(NC=O)C(N)=O. The van der Waals surface area contributed by atoms with E-state index >= 15 is 0 Å². The predicted octanol–water partition coefficient (Wildman–Crippen LogP) is -1.10. The summed E-state index contributed by atoms with van der Waals surface area (Å²) < 4.78 is 12.4. The average Bonchev–Trinajstić information content (AvgIpc) is 1.65. The number of nitrogens with two attached hydrogens (primary N) is 1. The minimum Gasteiger partial charge on any atom is -0.365 e. The maximum absolute atomic E-state index is 12.4. The highest BCUT2D eigenvalue weighted by Crippen LogP contribution is 2.00. The van der Waals surface area contributed by atoms with Crippen LogP contribution in [0.15, 0.2) is 0 Å². The van der Waals surface area contributed by atoms with E-state index in [9.17, 15) is 14.0 Å². The van der Waals surface area contributed by atoms with Gasteiger partial charge >= 0.3 is 0 Å². The summed E-state index contributed by atoms with van der Waals surface area (Å²) in [5.41, 5.74) is 4.52. The minimum absolute atomic E-state index is 0.0742. The molecule has 0 bridgehead atoms. The topological polar surface area (TPSA) is 72.2 Å². The van der Waals surface area contributed by atoms with Crippen LogP contribution in [-0.2, 0) is 9.59 Å². The molecule has 52 valence electrons. The number of amides is 2. The lowest BCUT2D eigenvalue weighted by atomic mass is 10.3. The van der Waals surface area contributed by atoms with Gasteiger partial charge in [-0.15, -0.1) is 0 Å². The maximum atomic E-state index is 12.4. The molecule has 1 atom stereocenters. The summed E-state index contributed by atoms with van der Waals surface area (Å²) in [5, 5.41) is 1.60. The molecule has 0 aromatic carbocycles. The molecule has 4 nitrogen and oxygen atoms in total. The molecule has 0 saturated carbocycles. The van der Waals surface area contributed by atoms with Crippen LogP contribution in [-0.4, -0.2) is 18.1 Å². The predicted molar refractivity (Wildman–Crippen MR) is 27.9 cm³/mol. The van der Waals surface area contributed by atoms with Gasteiger partial charge in [0.2, 0.25) is 6.41 Å². The molecule has 0 radical (unpaired) electrons. The van der Waals surface area contributed by atoms with Crippen LogP contribution in [0.1, 0.15) is 6.92 Å². The molecule has 0 spiro atoms. The van der Waals surface area contributed by atoms with E-state index in [0.29, 0.717) is 0 Å². The smallest absolute Gasteiger partial charge is 0.275 e. The minimum atomic E-state index is -2.43. The van der Waals surface area contributed by atoms with Crippen molar-refractivity contribution in [2.75, 3.05) is 0 Å². The summed E-state index contributed by atoms with van der Waals surface area (Å²) in [6.07, 6.45) is 0.0742. The number of alkyl halides is 1. The number of nitrogens with one attached hydrogen (secondary N) is 1. The lowest BCUT2D eigenvalue weighted by molar-refractivity contribution is -0.133. The Kier molecular flexibility index (Phi) is 2.12. The Morgan fingerprint density at radius 3 is 2.44 bits per heavy atom. The van der Waals surface area contributed by atoms with Gasteiger partial charge < -0.3 is 11.1 Å². The van der Waals surface area contributed by atoms with Crippen LogP contribution in [0.3, 0.4) is 0 Å². The lowest BCUT2D eigenvalue weighted by Crippen LogP contribution is -2.48. The van der Waals surface area contributed by atoms with E-state index in [1.54, 1.807) is 5.32 Å². The molecule has 0 saturated heterocycles. The molecule has 0 aromatic rings. The Balaban J connectivity index is 4.00. The number of hydrogen-bond donors (Lipinski definition) is 2. The van der Waals surface area contributed by atoms with Gasteiger partial charge in [-0.25, -0.2) is 4.39 Å². The van der Waals surface area contributed by atoms with Gasteiger partial charge in [0.25, 0.3) is 11.7 Å². The largest absolute Gasteiger partial charge is 0.365 e. The molecule has 0 aliphatic carbocycles. The quantitative estimate of drug-likeness (QED) is 0.380. The Bertz CT molecular complexity index is 135. The molecule has 0 aliphatic rings. The van der Waals surface area contributed by atoms with Crippen LogP contribution in [0.25, 0.3) is 0 Å². The van der Waals surface area contributed by atoms with Crippen molar-refractivity contribution >= 4 is 12.3 Å². The van der Waals surface area contributed by atoms with E-state index in [-0.39, 0.29) is 6.41 Å². The van der Waals surface area contributed by atoms with E-state index in [1.807, 2.05) is 0 Å². The first-order valence-corrected chi connectivity index (χ1v) is 2.21. The van der Waals surface area contributed by atoms with E-state index in [2.05, 4.69) is 5.73 Å². The molecule has 9 heavy (non-hydrogen) atoms. The Morgan fingerprint density at radius 2 is 2.33 bits per heavy atom. The number of hydrogen-bond acceptors (Lipinski definition) is 2. The first-order chi connectivity index (χ1) is 4.00. The third-order valence-corrected chi connectivity index (χ3v) is 0.793. The number of rotatable bonds is 3. The van der Waals surface area contributed by atoms with Crippen LogP contribution >= 0.6 is 0 Å². The van der Waals surface area contributed by atoms with Gasteiger partial charge in [-0.2, -0.15) is 0 Å². The lowest BCUT2D eigenvalue weighted by Gasteiger charge is -2.13. The summed E-state index contributed by atoms with van der Waals surface area (Å²) >= 11 is 0. The summed E-state index contributed by atoms with van der Waals surface area (Å²) in [7, 11) is 0. The van der Waals surface area contributed by atoms with Crippen molar-refractivity contribution in [3.63, 3.8) is 0 Å². The van der Waals surface area contributed by atoms with Crippen molar-refractivity contribution in [1.29, 1.82) is 0 Å². The van der Waals surface area contributed by atoms with Crippen molar-refractivity contribution in [2.24, 2.45) is 5.73 Å². The van der Waals surface area contributed by atoms with Crippen LogP contribution in [0.4, 0.5) is 4.39 Å². The Hall–Kier alpha value is -1.13. The zero-order chi connectivity index (χ0) is 7.49. The van der Waals surface area contributed by atoms with Crippen molar-refractivity contribution in [1.82, 2.24) is 5.32 Å². The van der Waals surface area contributed by atoms with Gasteiger partial charge in [-0.1, -0.05) is 0 Å². The Morgan fingerprint density at radius 1 is 1.89 bits per heavy atom. The first kappa shape index (κ1) is 7.87. The molecule has 0 fully saturated rings. The maximum Gasteiger partial charge on any atom is 0.275 e. The van der Waals surface area contributed by atoms with Crippen molar-refractivity contribution < 1.29 is 14.0 Å². The highest BCUT2D eigenvalue weighted by molar-refractivity contribution is 5.84. The van der Waals surface area contributed by atoms with Gasteiger partial charge in [-0.3, -0.25) is 9.59 Å². The zero-order valence-electron chi connectivity index (χ0n) is 4.85. The summed E-state index contributed by atoms with van der Waals surface area (Å²) in [4.78, 5) is 19.6. The molecule has 3 N–H and O–H groups in total. The van der Waals surface area contributed by atoms with Crippen molar-refractivity contribution in [3.05, 3.63) is 0 Å². The monoisotopic (exact) mass is 134 g/mol. The zero-order valence-corrected chi connectivity index (χ0v) is 4.85. The van der Waals surface area contributed by atoms with E-state index in [1.165, 1.54) is 0 Å². The molecule has 5 heteroatoms. The van der Waals surface area contributed by atoms with Crippen LogP contribution in [0.2, 0.25) is 0 Å². The molecule has 0 aliphatic heterocycles. The third kappa shape index (κ3) is 2.07. The summed E-state index contributed by atoms with van der Waals surface area (Å²) in [6, 6.07) is 0. The fraction of sp³-hybridized carbons (Fsp3) is 0.500. The first-order valence-electron chi connectivity index (χ1n) is 2.21. The van der Waals surface area contributed by atoms with Crippen molar-refractivity contribution in [2.45, 2.75) is 12.7 Å². The Labute approximate surface area is 51.2 Å². The molecular formula is C4H7FN2O2. The summed E-state index contributed by atoms with van der Waals surface area (Å²) in [6.45, 7) is 0.865. The number of carbonyl (C=O) groups is 2. The van der Waals surface area contributed by atoms with Crippen LogP contribution < -0.4 is 11.1 Å². The second-order valence-electron chi connectivity index (χ2n) is 1.63. The standard InChI is InChI=1S/C4H7FN2O2/c1-4(5,3(6)9)7-2-8/h2H,1H3,(H2,6,9)(H,7,8)/t4-/m0/s1. The van der Waals surface area contributed by atoms with E-state index in [0.717, 1.165) is 6.92 Å². The molecule has 0 heterocycles. The fourth-order valence-corrected chi connectivity index (χ4v) is 0.182. The fourth-order valence-electron chi connectivity index (χ4n) is 0.182. The van der Waals surface area contributed by atoms with Crippen LogP contribution in [0, 0.1) is 0 Å². The molecule has 0 unspecified atom stereocenters. The number of halogens is 1. The molecular weight excluding hydrogens is 127 g/mol.